The second-order valence-electron chi connectivity index (χ2n) is 5.93. The van der Waals surface area contributed by atoms with Crippen molar-refractivity contribution in [3.63, 3.8) is 0 Å². The fourth-order valence-electron chi connectivity index (χ4n) is 2.63. The molecule has 1 amide bonds. The molecule has 0 saturated carbocycles. The Labute approximate surface area is 141 Å². The number of hydrogen-bond acceptors (Lipinski definition) is 3. The molecule has 0 aliphatic rings. The Morgan fingerprint density at radius 1 is 1.21 bits per heavy atom. The Morgan fingerprint density at radius 3 is 2.79 bits per heavy atom. The summed E-state index contributed by atoms with van der Waals surface area (Å²) in [5.41, 5.74) is 5.30. The van der Waals surface area contributed by atoms with Crippen LogP contribution in [-0.2, 0) is 17.9 Å². The number of nitrogens with one attached hydrogen (secondary N) is 1. The van der Waals surface area contributed by atoms with Gasteiger partial charge in [0.15, 0.2) is 0 Å². The number of aryl methyl sites for hydroxylation is 2. The van der Waals surface area contributed by atoms with Gasteiger partial charge >= 0.3 is 0 Å². The highest BCUT2D eigenvalue weighted by atomic mass is 16.5. The Hall–Kier alpha value is -2.82. The predicted octanol–water partition coefficient (Wildman–Crippen LogP) is 2.98. The molecule has 0 aliphatic carbocycles. The molecule has 0 saturated heterocycles. The average molecular weight is 323 g/mol. The molecule has 0 unspecified atom stereocenters. The van der Waals surface area contributed by atoms with Crippen LogP contribution in [0.5, 0.6) is 5.75 Å². The van der Waals surface area contributed by atoms with Crippen LogP contribution in [0.1, 0.15) is 16.7 Å². The van der Waals surface area contributed by atoms with Gasteiger partial charge < -0.3 is 14.6 Å². The molecule has 1 N–H and O–H groups in total. The number of carbonyl (C=O) groups is 1. The van der Waals surface area contributed by atoms with E-state index in [4.69, 9.17) is 4.74 Å². The topological polar surface area (TPSA) is 56.1 Å². The van der Waals surface area contributed by atoms with Crippen molar-refractivity contribution < 1.29 is 9.53 Å². The quantitative estimate of drug-likeness (QED) is 0.785. The number of aromatic nitrogens is 2. The van der Waals surface area contributed by atoms with Gasteiger partial charge in [0.2, 0.25) is 5.91 Å². The van der Waals surface area contributed by atoms with Gasteiger partial charge in [-0.2, -0.15) is 0 Å². The van der Waals surface area contributed by atoms with Gasteiger partial charge in [0, 0.05) is 6.54 Å². The first kappa shape index (κ1) is 16.1. The summed E-state index contributed by atoms with van der Waals surface area (Å²) in [6.07, 6.45) is 1.72. The summed E-state index contributed by atoms with van der Waals surface area (Å²) in [6, 6.07) is 11.8. The zero-order chi connectivity index (χ0) is 17.1. The third-order valence-electron chi connectivity index (χ3n) is 4.17. The van der Waals surface area contributed by atoms with Crippen molar-refractivity contribution in [1.82, 2.24) is 14.9 Å². The van der Waals surface area contributed by atoms with Crippen LogP contribution in [0, 0.1) is 13.8 Å². The van der Waals surface area contributed by atoms with E-state index in [2.05, 4.69) is 36.3 Å². The molecule has 24 heavy (non-hydrogen) atoms. The molecular formula is C19H21N3O2. The number of benzene rings is 2. The Bertz CT molecular complexity index is 883. The first-order valence-electron chi connectivity index (χ1n) is 7.88. The van der Waals surface area contributed by atoms with E-state index in [-0.39, 0.29) is 12.5 Å². The molecule has 0 spiro atoms. The van der Waals surface area contributed by atoms with E-state index in [0.29, 0.717) is 6.54 Å². The van der Waals surface area contributed by atoms with Gasteiger partial charge in [-0.15, -0.1) is 0 Å². The monoisotopic (exact) mass is 323 g/mol. The lowest BCUT2D eigenvalue weighted by molar-refractivity contribution is -0.121. The molecule has 5 nitrogen and oxygen atoms in total. The second kappa shape index (κ2) is 6.74. The molecule has 0 fully saturated rings. The number of methoxy groups -OCH3 is 1. The van der Waals surface area contributed by atoms with E-state index in [1.807, 2.05) is 28.8 Å². The number of rotatable bonds is 5. The zero-order valence-corrected chi connectivity index (χ0v) is 14.2. The molecule has 3 aromatic rings. The van der Waals surface area contributed by atoms with Crippen LogP contribution < -0.4 is 10.1 Å². The van der Waals surface area contributed by atoms with Gasteiger partial charge in [0.25, 0.3) is 0 Å². The van der Waals surface area contributed by atoms with Gasteiger partial charge in [0.05, 0.1) is 24.5 Å². The summed E-state index contributed by atoms with van der Waals surface area (Å²) < 4.78 is 7.07. The lowest BCUT2D eigenvalue weighted by Gasteiger charge is -2.08. The summed E-state index contributed by atoms with van der Waals surface area (Å²) in [5.74, 6) is 0.739. The molecular weight excluding hydrogens is 302 g/mol. The van der Waals surface area contributed by atoms with Crippen molar-refractivity contribution in [1.29, 1.82) is 0 Å². The Balaban J connectivity index is 1.67. The fourth-order valence-corrected chi connectivity index (χ4v) is 2.63. The van der Waals surface area contributed by atoms with Crippen molar-refractivity contribution in [2.45, 2.75) is 26.9 Å². The molecule has 3 rings (SSSR count). The second-order valence-corrected chi connectivity index (χ2v) is 5.93. The zero-order valence-electron chi connectivity index (χ0n) is 14.2. The van der Waals surface area contributed by atoms with Gasteiger partial charge in [-0.05, 0) is 54.8 Å². The van der Waals surface area contributed by atoms with E-state index in [9.17, 15) is 4.79 Å². The average Bonchev–Trinajstić information content (AvgIpc) is 2.95. The van der Waals surface area contributed by atoms with Crippen molar-refractivity contribution in [2.24, 2.45) is 0 Å². The van der Waals surface area contributed by atoms with Crippen LogP contribution in [0.4, 0.5) is 0 Å². The maximum Gasteiger partial charge on any atom is 0.240 e. The van der Waals surface area contributed by atoms with Crippen LogP contribution in [-0.4, -0.2) is 22.6 Å². The molecule has 0 aliphatic heterocycles. The van der Waals surface area contributed by atoms with Crippen molar-refractivity contribution in [3.05, 3.63) is 59.4 Å². The molecule has 1 heterocycles. The molecule has 2 aromatic carbocycles. The Kier molecular flexibility index (Phi) is 4.51. The third kappa shape index (κ3) is 3.40. The van der Waals surface area contributed by atoms with Crippen LogP contribution >= 0.6 is 0 Å². The maximum atomic E-state index is 12.2. The highest BCUT2D eigenvalue weighted by Crippen LogP contribution is 2.18. The van der Waals surface area contributed by atoms with Crippen molar-refractivity contribution >= 4 is 16.9 Å². The predicted molar refractivity (Wildman–Crippen MR) is 94.0 cm³/mol. The first-order valence-corrected chi connectivity index (χ1v) is 7.88. The number of nitrogens with zero attached hydrogens (tertiary/aromatic N) is 2. The smallest absolute Gasteiger partial charge is 0.240 e. The molecule has 5 heteroatoms. The van der Waals surface area contributed by atoms with E-state index in [1.165, 1.54) is 11.1 Å². The van der Waals surface area contributed by atoms with Gasteiger partial charge in [-0.25, -0.2) is 4.98 Å². The number of imidazole rings is 1. The van der Waals surface area contributed by atoms with Crippen LogP contribution in [0.15, 0.2) is 42.7 Å². The summed E-state index contributed by atoms with van der Waals surface area (Å²) in [4.78, 5) is 16.6. The molecule has 0 bridgehead atoms. The van der Waals surface area contributed by atoms with Gasteiger partial charge in [-0.3, -0.25) is 4.79 Å². The van der Waals surface area contributed by atoms with E-state index in [0.717, 1.165) is 22.3 Å². The van der Waals surface area contributed by atoms with Crippen LogP contribution in [0.3, 0.4) is 0 Å². The molecule has 1 aromatic heterocycles. The number of carbonyl (C=O) groups excluding carboxylic acids is 1. The first-order chi connectivity index (χ1) is 11.6. The highest BCUT2D eigenvalue weighted by molar-refractivity contribution is 5.81. The van der Waals surface area contributed by atoms with Gasteiger partial charge in [0.1, 0.15) is 12.3 Å². The fraction of sp³-hybridized carbons (Fsp3) is 0.263. The van der Waals surface area contributed by atoms with Crippen LogP contribution in [0.2, 0.25) is 0 Å². The lowest BCUT2D eigenvalue weighted by Crippen LogP contribution is -2.26. The maximum absolute atomic E-state index is 12.2. The lowest BCUT2D eigenvalue weighted by atomic mass is 10.1. The van der Waals surface area contributed by atoms with E-state index >= 15 is 0 Å². The normalized spacial score (nSPS) is 10.8. The minimum atomic E-state index is -0.0460. The summed E-state index contributed by atoms with van der Waals surface area (Å²) >= 11 is 0. The van der Waals surface area contributed by atoms with E-state index in [1.54, 1.807) is 13.4 Å². The number of amides is 1. The molecule has 0 radical (unpaired) electrons. The van der Waals surface area contributed by atoms with Crippen LogP contribution in [0.25, 0.3) is 11.0 Å². The SMILES string of the molecule is COc1cccc(CNC(=O)Cn2cnc3cc(C)c(C)cc32)c1. The minimum Gasteiger partial charge on any atom is -0.497 e. The van der Waals surface area contributed by atoms with E-state index < -0.39 is 0 Å². The van der Waals surface area contributed by atoms with Crippen molar-refractivity contribution in [3.8, 4) is 5.75 Å². The highest BCUT2D eigenvalue weighted by Gasteiger charge is 2.09. The number of ether oxygens (including phenoxy) is 1. The minimum absolute atomic E-state index is 0.0460. The Morgan fingerprint density at radius 2 is 2.00 bits per heavy atom. The standard InChI is InChI=1S/C19H21N3O2/c1-13-7-17-18(8-14(13)2)22(12-21-17)11-19(23)20-10-15-5-4-6-16(9-15)24-3/h4-9,12H,10-11H2,1-3H3,(H,20,23). The third-order valence-corrected chi connectivity index (χ3v) is 4.17. The summed E-state index contributed by atoms with van der Waals surface area (Å²) in [5, 5.41) is 2.94. The summed E-state index contributed by atoms with van der Waals surface area (Å²) in [6.45, 7) is 4.85. The largest absolute Gasteiger partial charge is 0.497 e. The molecule has 0 atom stereocenters. The van der Waals surface area contributed by atoms with Gasteiger partial charge in [-0.1, -0.05) is 12.1 Å². The molecule has 124 valence electrons. The number of fused-ring (bicyclic) bond motifs is 1. The number of hydrogen-bond donors (Lipinski definition) is 1. The van der Waals surface area contributed by atoms with Crippen molar-refractivity contribution in [2.75, 3.05) is 7.11 Å². The summed E-state index contributed by atoms with van der Waals surface area (Å²) in [7, 11) is 1.63.